The zero-order valence-electron chi connectivity index (χ0n) is 13.9. The topological polar surface area (TPSA) is 118 Å². The highest BCUT2D eigenvalue weighted by Crippen LogP contribution is 2.31. The maximum atomic E-state index is 8.25. The minimum Gasteiger partial charge on any atom is -0.382 e. The van der Waals surface area contributed by atoms with Gasteiger partial charge < -0.3 is 16.4 Å². The molecular formula is C17H23N7. The molecule has 2 aromatic heterocycles. The van der Waals surface area contributed by atoms with E-state index < -0.39 is 0 Å². The van der Waals surface area contributed by atoms with Gasteiger partial charge in [0.25, 0.3) is 0 Å². The average Bonchev–Trinajstić information content (AvgIpc) is 2.62. The molecule has 0 aromatic carbocycles. The molecule has 126 valence electrons. The largest absolute Gasteiger partial charge is 0.382 e. The highest BCUT2D eigenvalue weighted by molar-refractivity contribution is 6.11. The van der Waals surface area contributed by atoms with Crippen molar-refractivity contribution >= 4 is 17.3 Å². The predicted octanol–water partition coefficient (Wildman–Crippen LogP) is 1.44. The van der Waals surface area contributed by atoms with Gasteiger partial charge in [0.2, 0.25) is 0 Å². The maximum absolute atomic E-state index is 8.25. The van der Waals surface area contributed by atoms with Crippen LogP contribution in [-0.2, 0) is 0 Å². The molecule has 7 nitrogen and oxygen atoms in total. The summed E-state index contributed by atoms with van der Waals surface area (Å²) in [5.41, 5.74) is 13.4. The zero-order chi connectivity index (χ0) is 17.2. The standard InChI is InChI=1S/C17H23N7/c1-17(11-18)4-7-24(8-5-17)13-10-22-15(16(20)23-13)14(19)12-3-2-6-21-9-12/h2-3,6,9-10,19H,4-5,7-8,11,18H2,1H3,(H2,20,23). The monoisotopic (exact) mass is 325 g/mol. The van der Waals surface area contributed by atoms with E-state index in [4.69, 9.17) is 16.9 Å². The van der Waals surface area contributed by atoms with E-state index in [0.717, 1.165) is 31.7 Å². The number of piperidine rings is 1. The summed E-state index contributed by atoms with van der Waals surface area (Å²) in [4.78, 5) is 15.0. The Bertz CT molecular complexity index is 721. The first-order valence-electron chi connectivity index (χ1n) is 8.09. The van der Waals surface area contributed by atoms with E-state index in [9.17, 15) is 0 Å². The highest BCUT2D eigenvalue weighted by atomic mass is 15.2. The quantitative estimate of drug-likeness (QED) is 0.732. The Kier molecular flexibility index (Phi) is 4.44. The first-order valence-corrected chi connectivity index (χ1v) is 8.09. The van der Waals surface area contributed by atoms with E-state index in [0.29, 0.717) is 17.8 Å². The Morgan fingerprint density at radius 3 is 2.67 bits per heavy atom. The third-order valence-corrected chi connectivity index (χ3v) is 4.76. The molecule has 0 spiro atoms. The van der Waals surface area contributed by atoms with Crippen molar-refractivity contribution < 1.29 is 0 Å². The molecule has 3 rings (SSSR count). The van der Waals surface area contributed by atoms with Crippen molar-refractivity contribution in [2.75, 3.05) is 30.3 Å². The Labute approximate surface area is 141 Å². The molecule has 0 aliphatic carbocycles. The van der Waals surface area contributed by atoms with Crippen molar-refractivity contribution in [3.05, 3.63) is 42.0 Å². The summed E-state index contributed by atoms with van der Waals surface area (Å²) in [5, 5.41) is 8.25. The smallest absolute Gasteiger partial charge is 0.154 e. The van der Waals surface area contributed by atoms with Crippen LogP contribution in [0.3, 0.4) is 0 Å². The van der Waals surface area contributed by atoms with Gasteiger partial charge in [-0.15, -0.1) is 0 Å². The molecule has 3 heterocycles. The van der Waals surface area contributed by atoms with E-state index in [1.165, 1.54) is 0 Å². The molecule has 0 radical (unpaired) electrons. The van der Waals surface area contributed by atoms with Gasteiger partial charge in [-0.3, -0.25) is 10.4 Å². The summed E-state index contributed by atoms with van der Waals surface area (Å²) >= 11 is 0. The van der Waals surface area contributed by atoms with Crippen LogP contribution in [0.2, 0.25) is 0 Å². The summed E-state index contributed by atoms with van der Waals surface area (Å²) in [6.45, 7) is 4.71. The van der Waals surface area contributed by atoms with Crippen LogP contribution in [0, 0.1) is 10.8 Å². The van der Waals surface area contributed by atoms with Crippen molar-refractivity contribution in [3.8, 4) is 0 Å². The average molecular weight is 325 g/mol. The molecular weight excluding hydrogens is 302 g/mol. The minimum absolute atomic E-state index is 0.206. The Morgan fingerprint density at radius 2 is 2.08 bits per heavy atom. The van der Waals surface area contributed by atoms with Crippen LogP contribution in [-0.4, -0.2) is 40.3 Å². The van der Waals surface area contributed by atoms with E-state index >= 15 is 0 Å². The second-order valence-corrected chi connectivity index (χ2v) is 6.58. The Balaban J connectivity index is 1.77. The predicted molar refractivity (Wildman–Crippen MR) is 95.2 cm³/mol. The van der Waals surface area contributed by atoms with Crippen molar-refractivity contribution in [3.63, 3.8) is 0 Å². The van der Waals surface area contributed by atoms with Crippen LogP contribution in [0.4, 0.5) is 11.6 Å². The van der Waals surface area contributed by atoms with E-state index in [2.05, 4.69) is 26.8 Å². The molecule has 0 amide bonds. The van der Waals surface area contributed by atoms with Crippen molar-refractivity contribution in [1.29, 1.82) is 5.41 Å². The molecule has 0 atom stereocenters. The van der Waals surface area contributed by atoms with E-state index in [1.54, 1.807) is 24.7 Å². The number of nitrogens with one attached hydrogen (secondary N) is 1. The van der Waals surface area contributed by atoms with Crippen molar-refractivity contribution in [2.24, 2.45) is 11.1 Å². The number of aromatic nitrogens is 3. The van der Waals surface area contributed by atoms with Gasteiger partial charge in [-0.1, -0.05) is 6.92 Å². The van der Waals surface area contributed by atoms with Gasteiger partial charge in [-0.2, -0.15) is 0 Å². The molecule has 1 fully saturated rings. The van der Waals surface area contributed by atoms with Gasteiger partial charge >= 0.3 is 0 Å². The molecule has 1 aliphatic heterocycles. The fraction of sp³-hybridized carbons (Fsp3) is 0.412. The van der Waals surface area contributed by atoms with Gasteiger partial charge in [-0.25, -0.2) is 9.97 Å². The number of pyridine rings is 1. The molecule has 1 aliphatic rings. The van der Waals surface area contributed by atoms with Crippen molar-refractivity contribution in [1.82, 2.24) is 15.0 Å². The summed E-state index contributed by atoms with van der Waals surface area (Å²) in [7, 11) is 0. The second kappa shape index (κ2) is 6.52. The van der Waals surface area contributed by atoms with Gasteiger partial charge in [0.1, 0.15) is 11.5 Å². The fourth-order valence-corrected chi connectivity index (χ4v) is 2.87. The van der Waals surface area contributed by atoms with Crippen molar-refractivity contribution in [2.45, 2.75) is 19.8 Å². The van der Waals surface area contributed by atoms with Gasteiger partial charge in [0, 0.05) is 31.0 Å². The molecule has 0 bridgehead atoms. The van der Waals surface area contributed by atoms with E-state index in [1.807, 2.05) is 6.07 Å². The number of hydrogen-bond donors (Lipinski definition) is 3. The SMILES string of the molecule is CC1(CN)CCN(c2cnc(C(=N)c3cccnc3)c(N)n2)CC1. The summed E-state index contributed by atoms with van der Waals surface area (Å²) in [6.07, 6.45) is 7.04. The Morgan fingerprint density at radius 1 is 1.33 bits per heavy atom. The fourth-order valence-electron chi connectivity index (χ4n) is 2.87. The van der Waals surface area contributed by atoms with Gasteiger partial charge in [0.05, 0.1) is 11.9 Å². The number of nitrogens with zero attached hydrogens (tertiary/aromatic N) is 4. The van der Waals surface area contributed by atoms with Crippen LogP contribution in [0.15, 0.2) is 30.7 Å². The second-order valence-electron chi connectivity index (χ2n) is 6.58. The first kappa shape index (κ1) is 16.3. The molecule has 24 heavy (non-hydrogen) atoms. The van der Waals surface area contributed by atoms with Gasteiger partial charge in [0.15, 0.2) is 5.82 Å². The van der Waals surface area contributed by atoms with Crippen LogP contribution in [0.25, 0.3) is 0 Å². The van der Waals surface area contributed by atoms with E-state index in [-0.39, 0.29) is 16.9 Å². The zero-order valence-corrected chi connectivity index (χ0v) is 13.9. The number of anilines is 2. The van der Waals surface area contributed by atoms with Crippen LogP contribution < -0.4 is 16.4 Å². The molecule has 1 saturated heterocycles. The molecule has 0 unspecified atom stereocenters. The molecule has 0 saturated carbocycles. The lowest BCUT2D eigenvalue weighted by Crippen LogP contribution is -2.42. The first-order chi connectivity index (χ1) is 11.5. The minimum atomic E-state index is 0.206. The third kappa shape index (κ3) is 3.21. The lowest BCUT2D eigenvalue weighted by Gasteiger charge is -2.39. The molecule has 7 heteroatoms. The summed E-state index contributed by atoms with van der Waals surface area (Å²) in [6, 6.07) is 3.59. The van der Waals surface area contributed by atoms with Gasteiger partial charge in [-0.05, 0) is 36.9 Å². The summed E-state index contributed by atoms with van der Waals surface area (Å²) in [5.74, 6) is 1.03. The lowest BCUT2D eigenvalue weighted by molar-refractivity contribution is 0.258. The molecule has 2 aromatic rings. The normalized spacial score (nSPS) is 16.8. The number of nitrogens with two attached hydrogens (primary N) is 2. The van der Waals surface area contributed by atoms with Crippen LogP contribution >= 0.6 is 0 Å². The number of rotatable bonds is 4. The molecule has 5 N–H and O–H groups in total. The lowest BCUT2D eigenvalue weighted by atomic mass is 9.80. The highest BCUT2D eigenvalue weighted by Gasteiger charge is 2.29. The summed E-state index contributed by atoms with van der Waals surface area (Å²) < 4.78 is 0. The maximum Gasteiger partial charge on any atom is 0.154 e. The Hall–Kier alpha value is -2.54. The third-order valence-electron chi connectivity index (χ3n) is 4.76. The van der Waals surface area contributed by atoms with Crippen LogP contribution in [0.1, 0.15) is 31.0 Å². The number of nitrogen functional groups attached to an aromatic ring is 1. The number of hydrogen-bond acceptors (Lipinski definition) is 7. The van der Waals surface area contributed by atoms with Crippen LogP contribution in [0.5, 0.6) is 0 Å².